The smallest absolute Gasteiger partial charge is 0.258 e. The number of fused-ring (bicyclic) bond motifs is 1. The number of H-pyrrole nitrogens is 1. The number of hydrogen-bond donors (Lipinski definition) is 1. The topological polar surface area (TPSA) is 52.2 Å². The molecule has 0 aliphatic carbocycles. The number of aromatic amines is 1. The molecule has 0 saturated carbocycles. The first-order valence-electron chi connectivity index (χ1n) is 9.66. The normalized spacial score (nSPS) is 16.5. The van der Waals surface area contributed by atoms with Crippen molar-refractivity contribution in [2.75, 3.05) is 26.2 Å². The number of benzene rings is 2. The minimum Gasteiger partial charge on any atom is -0.309 e. The maximum Gasteiger partial charge on any atom is 0.258 e. The lowest BCUT2D eigenvalue weighted by molar-refractivity contribution is 0.243. The number of para-hydroxylation sites is 1. The number of rotatable bonds is 4. The summed E-state index contributed by atoms with van der Waals surface area (Å²) in [4.78, 5) is 24.8. The average Bonchev–Trinajstić information content (AvgIpc) is 2.89. The summed E-state index contributed by atoms with van der Waals surface area (Å²) in [6, 6.07) is 16.1. The molecule has 0 atom stereocenters. The van der Waals surface area contributed by atoms with Gasteiger partial charge in [0.2, 0.25) is 0 Å². The molecule has 2 heterocycles. The Morgan fingerprint density at radius 3 is 2.44 bits per heavy atom. The van der Waals surface area contributed by atoms with E-state index in [4.69, 9.17) is 0 Å². The van der Waals surface area contributed by atoms with E-state index in [9.17, 15) is 4.79 Å². The first-order chi connectivity index (χ1) is 13.2. The fourth-order valence-corrected chi connectivity index (χ4v) is 3.79. The van der Waals surface area contributed by atoms with Gasteiger partial charge in [0.1, 0.15) is 5.82 Å². The summed E-state index contributed by atoms with van der Waals surface area (Å²) in [5.74, 6) is 0.756. The lowest BCUT2D eigenvalue weighted by Gasteiger charge is -2.22. The highest BCUT2D eigenvalue weighted by Gasteiger charge is 2.17. The minimum absolute atomic E-state index is 0.0494. The van der Waals surface area contributed by atoms with E-state index in [1.165, 1.54) is 11.1 Å². The van der Waals surface area contributed by atoms with Crippen LogP contribution in [0, 0.1) is 6.92 Å². The van der Waals surface area contributed by atoms with E-state index in [1.807, 2.05) is 24.3 Å². The maximum atomic E-state index is 12.3. The molecule has 5 nitrogen and oxygen atoms in total. The van der Waals surface area contributed by atoms with Crippen LogP contribution in [0.4, 0.5) is 0 Å². The molecule has 0 unspecified atom stereocenters. The van der Waals surface area contributed by atoms with Crippen molar-refractivity contribution in [3.05, 3.63) is 75.8 Å². The van der Waals surface area contributed by atoms with Gasteiger partial charge >= 0.3 is 0 Å². The van der Waals surface area contributed by atoms with Gasteiger partial charge in [-0.2, -0.15) is 0 Å². The number of nitrogens with zero attached hydrogens (tertiary/aromatic N) is 3. The van der Waals surface area contributed by atoms with E-state index in [1.54, 1.807) is 0 Å². The molecular formula is C22H26N4O. The van der Waals surface area contributed by atoms with E-state index in [2.05, 4.69) is 51.0 Å². The average molecular weight is 362 g/mol. The van der Waals surface area contributed by atoms with Crippen LogP contribution in [0.1, 0.15) is 23.4 Å². The number of nitrogens with one attached hydrogen (secondary N) is 1. The lowest BCUT2D eigenvalue weighted by atomic mass is 10.1. The maximum absolute atomic E-state index is 12.3. The van der Waals surface area contributed by atoms with Gasteiger partial charge in [-0.25, -0.2) is 4.98 Å². The molecule has 1 fully saturated rings. The third-order valence-corrected chi connectivity index (χ3v) is 5.37. The molecule has 0 amide bonds. The van der Waals surface area contributed by atoms with Gasteiger partial charge in [-0.1, -0.05) is 36.4 Å². The standard InChI is InChI=1S/C22H26N4O/c1-17-7-2-3-8-18(17)15-25-11-6-12-26(14-13-25)16-21-23-20-10-5-4-9-19(20)22(27)24-21/h2-5,7-10H,6,11-16H2,1H3,(H,23,24,27). The second kappa shape index (κ2) is 8.03. The molecule has 27 heavy (non-hydrogen) atoms. The Labute approximate surface area is 159 Å². The van der Waals surface area contributed by atoms with Crippen LogP contribution in [0.2, 0.25) is 0 Å². The van der Waals surface area contributed by atoms with Gasteiger partial charge in [0.05, 0.1) is 17.4 Å². The minimum atomic E-state index is -0.0494. The number of hydrogen-bond acceptors (Lipinski definition) is 4. The van der Waals surface area contributed by atoms with Crippen molar-refractivity contribution in [2.45, 2.75) is 26.4 Å². The number of aromatic nitrogens is 2. The monoisotopic (exact) mass is 362 g/mol. The van der Waals surface area contributed by atoms with Crippen LogP contribution in [0.15, 0.2) is 53.3 Å². The van der Waals surface area contributed by atoms with Crippen molar-refractivity contribution in [3.8, 4) is 0 Å². The molecule has 5 heteroatoms. The van der Waals surface area contributed by atoms with Crippen LogP contribution in [-0.4, -0.2) is 45.9 Å². The molecule has 140 valence electrons. The molecule has 1 aliphatic rings. The Morgan fingerprint density at radius 2 is 1.63 bits per heavy atom. The van der Waals surface area contributed by atoms with E-state index in [-0.39, 0.29) is 5.56 Å². The zero-order valence-electron chi connectivity index (χ0n) is 15.8. The Hall–Kier alpha value is -2.50. The summed E-state index contributed by atoms with van der Waals surface area (Å²) in [6.45, 7) is 8.03. The highest BCUT2D eigenvalue weighted by atomic mass is 16.1. The SMILES string of the molecule is Cc1ccccc1CN1CCCN(Cc2nc3ccccc3c(=O)[nH]2)CC1. The van der Waals surface area contributed by atoms with E-state index in [0.29, 0.717) is 11.9 Å². The molecule has 1 saturated heterocycles. The van der Waals surface area contributed by atoms with Crippen LogP contribution in [0.3, 0.4) is 0 Å². The third kappa shape index (κ3) is 4.26. The Balaban J connectivity index is 1.41. The fourth-order valence-electron chi connectivity index (χ4n) is 3.79. The lowest BCUT2D eigenvalue weighted by Crippen LogP contribution is -2.31. The predicted octanol–water partition coefficient (Wildman–Crippen LogP) is 2.94. The first-order valence-corrected chi connectivity index (χ1v) is 9.66. The molecule has 2 aromatic carbocycles. The summed E-state index contributed by atoms with van der Waals surface area (Å²) in [6.07, 6.45) is 1.13. The molecule has 0 bridgehead atoms. The summed E-state index contributed by atoms with van der Waals surface area (Å²) >= 11 is 0. The molecule has 3 aromatic rings. The van der Waals surface area contributed by atoms with Crippen LogP contribution in [0.5, 0.6) is 0 Å². The highest BCUT2D eigenvalue weighted by Crippen LogP contribution is 2.14. The van der Waals surface area contributed by atoms with Crippen molar-refractivity contribution < 1.29 is 0 Å². The van der Waals surface area contributed by atoms with E-state index in [0.717, 1.165) is 50.5 Å². The Morgan fingerprint density at radius 1 is 0.926 bits per heavy atom. The van der Waals surface area contributed by atoms with Gasteiger partial charge in [-0.3, -0.25) is 14.6 Å². The van der Waals surface area contributed by atoms with Gasteiger partial charge in [0, 0.05) is 19.6 Å². The second-order valence-electron chi connectivity index (χ2n) is 7.36. The van der Waals surface area contributed by atoms with Crippen molar-refractivity contribution in [1.29, 1.82) is 0 Å². The summed E-state index contributed by atoms with van der Waals surface area (Å²) in [5.41, 5.74) is 3.49. The van der Waals surface area contributed by atoms with Gasteiger partial charge in [0.15, 0.2) is 0 Å². The summed E-state index contributed by atoms with van der Waals surface area (Å²) in [5, 5.41) is 0.654. The largest absolute Gasteiger partial charge is 0.309 e. The molecule has 1 aliphatic heterocycles. The highest BCUT2D eigenvalue weighted by molar-refractivity contribution is 5.77. The molecule has 4 rings (SSSR count). The van der Waals surface area contributed by atoms with Crippen molar-refractivity contribution in [2.24, 2.45) is 0 Å². The predicted molar refractivity (Wildman–Crippen MR) is 109 cm³/mol. The van der Waals surface area contributed by atoms with Gasteiger partial charge in [-0.15, -0.1) is 0 Å². The molecule has 1 aromatic heterocycles. The zero-order valence-corrected chi connectivity index (χ0v) is 15.8. The molecular weight excluding hydrogens is 336 g/mol. The van der Waals surface area contributed by atoms with Gasteiger partial charge in [-0.05, 0) is 49.7 Å². The van der Waals surface area contributed by atoms with Gasteiger partial charge < -0.3 is 4.98 Å². The first kappa shape index (κ1) is 17.9. The van der Waals surface area contributed by atoms with Crippen LogP contribution >= 0.6 is 0 Å². The van der Waals surface area contributed by atoms with Gasteiger partial charge in [0.25, 0.3) is 5.56 Å². The fraction of sp³-hybridized carbons (Fsp3) is 0.364. The number of aryl methyl sites for hydroxylation is 1. The molecule has 0 radical (unpaired) electrons. The summed E-state index contributed by atoms with van der Waals surface area (Å²) < 4.78 is 0. The third-order valence-electron chi connectivity index (χ3n) is 5.37. The van der Waals surface area contributed by atoms with E-state index >= 15 is 0 Å². The van der Waals surface area contributed by atoms with Crippen LogP contribution in [-0.2, 0) is 13.1 Å². The van der Waals surface area contributed by atoms with Crippen molar-refractivity contribution in [1.82, 2.24) is 19.8 Å². The second-order valence-corrected chi connectivity index (χ2v) is 7.36. The molecule has 1 N–H and O–H groups in total. The van der Waals surface area contributed by atoms with Crippen molar-refractivity contribution >= 4 is 10.9 Å². The van der Waals surface area contributed by atoms with E-state index < -0.39 is 0 Å². The quantitative estimate of drug-likeness (QED) is 0.775. The Bertz CT molecular complexity index is 981. The zero-order chi connectivity index (χ0) is 18.6. The summed E-state index contributed by atoms with van der Waals surface area (Å²) in [7, 11) is 0. The van der Waals surface area contributed by atoms with Crippen LogP contribution < -0.4 is 5.56 Å². The molecule has 0 spiro atoms. The van der Waals surface area contributed by atoms with Crippen LogP contribution in [0.25, 0.3) is 10.9 Å². The van der Waals surface area contributed by atoms with Crippen molar-refractivity contribution in [3.63, 3.8) is 0 Å². The Kier molecular flexibility index (Phi) is 5.32.